The zero-order chi connectivity index (χ0) is 14.0. The average molecular weight is 325 g/mol. The Labute approximate surface area is 120 Å². The molecule has 1 aromatic heterocycles. The first-order chi connectivity index (χ1) is 8.95. The molecule has 0 aromatic carbocycles. The monoisotopic (exact) mass is 324 g/mol. The second-order valence-electron chi connectivity index (χ2n) is 4.09. The second-order valence-corrected chi connectivity index (χ2v) is 7.51. The summed E-state index contributed by atoms with van der Waals surface area (Å²) >= 11 is 6.48. The van der Waals surface area contributed by atoms with Crippen LogP contribution in [0.5, 0.6) is 0 Å². The van der Waals surface area contributed by atoms with E-state index in [4.69, 9.17) is 11.6 Å². The van der Waals surface area contributed by atoms with Gasteiger partial charge in [0.05, 0.1) is 0 Å². The number of aromatic nitrogens is 2. The molecule has 0 spiro atoms. The van der Waals surface area contributed by atoms with E-state index in [9.17, 15) is 13.2 Å². The molecule has 0 aliphatic heterocycles. The van der Waals surface area contributed by atoms with Crippen LogP contribution in [0.4, 0.5) is 5.13 Å². The molecular formula is C9H13ClN4O3S2. The van der Waals surface area contributed by atoms with Crippen molar-refractivity contribution in [3.8, 4) is 0 Å². The molecule has 1 fully saturated rings. The standard InChI is InChI=1S/C9H13ClN4O3S2/c1-6(15)11-8-12-13-9(18-8)19(16,17)14(5-4-10)7-2-3-7/h7H,2-5H2,1H3,(H,11,12,15). The van der Waals surface area contributed by atoms with Crippen molar-refractivity contribution < 1.29 is 13.2 Å². The Morgan fingerprint density at radius 2 is 2.21 bits per heavy atom. The molecule has 10 heteroatoms. The van der Waals surface area contributed by atoms with Crippen LogP contribution < -0.4 is 5.32 Å². The third-order valence-corrected chi connectivity index (χ3v) is 5.78. The van der Waals surface area contributed by atoms with E-state index < -0.39 is 10.0 Å². The lowest BCUT2D eigenvalue weighted by Crippen LogP contribution is -2.34. The number of sulfonamides is 1. The molecule has 0 bridgehead atoms. The fraction of sp³-hybridized carbons (Fsp3) is 0.667. The summed E-state index contributed by atoms with van der Waals surface area (Å²) in [5.74, 6) is -0.0903. The maximum atomic E-state index is 12.4. The van der Waals surface area contributed by atoms with Crippen LogP contribution in [0, 0.1) is 0 Å². The Bertz CT molecular complexity index is 570. The molecule has 7 nitrogen and oxygen atoms in total. The largest absolute Gasteiger partial charge is 0.301 e. The van der Waals surface area contributed by atoms with Gasteiger partial charge in [-0.05, 0) is 12.8 Å². The second kappa shape index (κ2) is 5.70. The summed E-state index contributed by atoms with van der Waals surface area (Å²) in [7, 11) is -3.67. The van der Waals surface area contributed by atoms with Gasteiger partial charge in [-0.3, -0.25) is 4.79 Å². The highest BCUT2D eigenvalue weighted by Gasteiger charge is 2.39. The first-order valence-corrected chi connectivity index (χ1v) is 8.43. The zero-order valence-corrected chi connectivity index (χ0v) is 12.6. The smallest absolute Gasteiger partial charge is 0.272 e. The molecule has 2 rings (SSSR count). The van der Waals surface area contributed by atoms with Gasteiger partial charge >= 0.3 is 0 Å². The van der Waals surface area contributed by atoms with Gasteiger partial charge in [0, 0.05) is 25.4 Å². The molecule has 1 amide bonds. The van der Waals surface area contributed by atoms with Crippen LogP contribution in [-0.2, 0) is 14.8 Å². The lowest BCUT2D eigenvalue weighted by atomic mass is 10.6. The third-order valence-electron chi connectivity index (χ3n) is 2.48. The molecule has 1 saturated carbocycles. The van der Waals surface area contributed by atoms with Crippen LogP contribution in [0.2, 0.25) is 0 Å². The Balaban J connectivity index is 2.22. The molecule has 19 heavy (non-hydrogen) atoms. The SMILES string of the molecule is CC(=O)Nc1nnc(S(=O)(=O)N(CCCl)C2CC2)s1. The molecule has 0 atom stereocenters. The summed E-state index contributed by atoms with van der Waals surface area (Å²) in [4.78, 5) is 10.9. The van der Waals surface area contributed by atoms with Crippen molar-refractivity contribution in [3.63, 3.8) is 0 Å². The number of rotatable bonds is 6. The molecular weight excluding hydrogens is 312 g/mol. The molecule has 1 aliphatic carbocycles. The molecule has 1 heterocycles. The molecule has 0 unspecified atom stereocenters. The molecule has 1 aromatic rings. The Kier molecular flexibility index (Phi) is 4.39. The minimum atomic E-state index is -3.67. The summed E-state index contributed by atoms with van der Waals surface area (Å²) in [5, 5.41) is 9.86. The van der Waals surface area contributed by atoms with Gasteiger partial charge < -0.3 is 5.32 Å². The third kappa shape index (κ3) is 3.41. The lowest BCUT2D eigenvalue weighted by Gasteiger charge is -2.18. The number of hydrogen-bond donors (Lipinski definition) is 1. The number of nitrogens with zero attached hydrogens (tertiary/aromatic N) is 3. The Morgan fingerprint density at radius 1 is 1.53 bits per heavy atom. The van der Waals surface area contributed by atoms with Gasteiger partial charge in [-0.2, -0.15) is 4.31 Å². The molecule has 0 radical (unpaired) electrons. The molecule has 0 saturated heterocycles. The van der Waals surface area contributed by atoms with Gasteiger partial charge in [-0.25, -0.2) is 8.42 Å². The number of anilines is 1. The lowest BCUT2D eigenvalue weighted by molar-refractivity contribution is -0.114. The van der Waals surface area contributed by atoms with Gasteiger partial charge in [0.2, 0.25) is 15.4 Å². The zero-order valence-electron chi connectivity index (χ0n) is 10.2. The van der Waals surface area contributed by atoms with E-state index >= 15 is 0 Å². The van der Waals surface area contributed by atoms with E-state index in [1.807, 2.05) is 0 Å². The topological polar surface area (TPSA) is 92.3 Å². The molecule has 106 valence electrons. The van der Waals surface area contributed by atoms with Gasteiger partial charge in [0.1, 0.15) is 0 Å². The highest BCUT2D eigenvalue weighted by molar-refractivity contribution is 7.91. The average Bonchev–Trinajstić information content (AvgIpc) is 3.04. The van der Waals surface area contributed by atoms with E-state index in [2.05, 4.69) is 15.5 Å². The summed E-state index contributed by atoms with van der Waals surface area (Å²) < 4.78 is 26.0. The fourth-order valence-corrected chi connectivity index (χ4v) is 4.59. The quantitative estimate of drug-likeness (QED) is 0.619. The number of carbonyl (C=O) groups is 1. The van der Waals surface area contributed by atoms with Crippen LogP contribution in [0.1, 0.15) is 19.8 Å². The molecule has 1 N–H and O–H groups in total. The Morgan fingerprint density at radius 3 is 2.74 bits per heavy atom. The predicted molar refractivity (Wildman–Crippen MR) is 71.8 cm³/mol. The summed E-state index contributed by atoms with van der Waals surface area (Å²) in [6.45, 7) is 1.57. The number of carbonyl (C=O) groups excluding carboxylic acids is 1. The fourth-order valence-electron chi connectivity index (χ4n) is 1.56. The van der Waals surface area contributed by atoms with Crippen LogP contribution in [0.25, 0.3) is 0 Å². The highest BCUT2D eigenvalue weighted by atomic mass is 35.5. The number of hydrogen-bond acceptors (Lipinski definition) is 6. The number of alkyl halides is 1. The van der Waals surface area contributed by atoms with Gasteiger partial charge in [0.15, 0.2) is 0 Å². The first-order valence-electron chi connectivity index (χ1n) is 5.64. The van der Waals surface area contributed by atoms with Crippen LogP contribution in [0.15, 0.2) is 4.34 Å². The van der Waals surface area contributed by atoms with E-state index in [0.29, 0.717) is 0 Å². The minimum absolute atomic E-state index is 0.0110. The normalized spacial score (nSPS) is 15.7. The van der Waals surface area contributed by atoms with Crippen molar-refractivity contribution in [1.29, 1.82) is 0 Å². The maximum Gasteiger partial charge on any atom is 0.272 e. The Hall–Kier alpha value is -0.770. The van der Waals surface area contributed by atoms with Crippen molar-refractivity contribution in [2.75, 3.05) is 17.7 Å². The van der Waals surface area contributed by atoms with Crippen LogP contribution >= 0.6 is 22.9 Å². The van der Waals surface area contributed by atoms with Crippen molar-refractivity contribution >= 4 is 44.0 Å². The van der Waals surface area contributed by atoms with Gasteiger partial charge in [-0.15, -0.1) is 21.8 Å². The predicted octanol–water partition coefficient (Wildman–Crippen LogP) is 0.888. The first kappa shape index (κ1) is 14.6. The van der Waals surface area contributed by atoms with Crippen molar-refractivity contribution in [1.82, 2.24) is 14.5 Å². The maximum absolute atomic E-state index is 12.4. The van der Waals surface area contributed by atoms with Crippen LogP contribution in [0.3, 0.4) is 0 Å². The van der Waals surface area contributed by atoms with E-state index in [1.54, 1.807) is 0 Å². The molecule has 1 aliphatic rings. The van der Waals surface area contributed by atoms with Crippen LogP contribution in [-0.4, -0.2) is 47.3 Å². The summed E-state index contributed by atoms with van der Waals surface area (Å²) in [6.07, 6.45) is 1.68. The summed E-state index contributed by atoms with van der Waals surface area (Å²) in [5.41, 5.74) is 0. The van der Waals surface area contributed by atoms with Gasteiger partial charge in [0.25, 0.3) is 10.0 Å². The van der Waals surface area contributed by atoms with Crippen molar-refractivity contribution in [2.45, 2.75) is 30.1 Å². The number of nitrogens with one attached hydrogen (secondary N) is 1. The van der Waals surface area contributed by atoms with E-state index in [0.717, 1.165) is 24.2 Å². The number of halogens is 1. The minimum Gasteiger partial charge on any atom is -0.301 e. The van der Waals surface area contributed by atoms with Crippen molar-refractivity contribution in [2.24, 2.45) is 0 Å². The van der Waals surface area contributed by atoms with Gasteiger partial charge in [-0.1, -0.05) is 11.3 Å². The number of amides is 1. The van der Waals surface area contributed by atoms with E-state index in [1.165, 1.54) is 11.2 Å². The van der Waals surface area contributed by atoms with E-state index in [-0.39, 0.29) is 33.8 Å². The van der Waals surface area contributed by atoms with Crippen molar-refractivity contribution in [3.05, 3.63) is 0 Å². The highest BCUT2D eigenvalue weighted by Crippen LogP contribution is 2.33. The summed E-state index contributed by atoms with van der Waals surface area (Å²) in [6, 6.07) is 0.0110.